The van der Waals surface area contributed by atoms with Gasteiger partial charge in [-0.05, 0) is 73.7 Å². The predicted molar refractivity (Wildman–Crippen MR) is 148 cm³/mol. The first kappa shape index (κ1) is 26.7. The number of benzene rings is 2. The van der Waals surface area contributed by atoms with Gasteiger partial charge in [0.15, 0.2) is 0 Å². The van der Waals surface area contributed by atoms with Crippen molar-refractivity contribution in [3.8, 4) is 28.7 Å². The molecule has 0 amide bonds. The Balaban J connectivity index is 1.25. The molecule has 0 saturated carbocycles. The zero-order chi connectivity index (χ0) is 26.3. The summed E-state index contributed by atoms with van der Waals surface area (Å²) in [5.74, 6) is 7.36. The Morgan fingerprint density at radius 1 is 1.13 bits per heavy atom. The van der Waals surface area contributed by atoms with Gasteiger partial charge in [0.25, 0.3) is 9.04 Å². The molecule has 3 aromatic rings. The van der Waals surface area contributed by atoms with Crippen LogP contribution in [0, 0.1) is 18.8 Å². The molecule has 0 spiro atoms. The maximum Gasteiger partial charge on any atom is 0.289 e. The van der Waals surface area contributed by atoms with E-state index in [-0.39, 0.29) is 19.0 Å². The minimum absolute atomic E-state index is 0.107. The molecule has 2 aromatic carbocycles. The van der Waals surface area contributed by atoms with Crippen LogP contribution in [0.4, 0.5) is 0 Å². The smallest absolute Gasteiger partial charge is 0.289 e. The first-order valence-electron chi connectivity index (χ1n) is 13.3. The van der Waals surface area contributed by atoms with E-state index in [1.807, 2.05) is 29.0 Å². The Bertz CT molecular complexity index is 1250. The first-order valence-corrected chi connectivity index (χ1v) is 15.2. The summed E-state index contributed by atoms with van der Waals surface area (Å²) in [6, 6.07) is 14.1. The predicted octanol–water partition coefficient (Wildman–Crippen LogP) is 3.98. The van der Waals surface area contributed by atoms with Gasteiger partial charge in [0, 0.05) is 31.0 Å². The molecule has 2 fully saturated rings. The van der Waals surface area contributed by atoms with Crippen molar-refractivity contribution >= 4 is 14.5 Å². The molecule has 7 nitrogen and oxygen atoms in total. The van der Waals surface area contributed by atoms with Gasteiger partial charge in [-0.3, -0.25) is 0 Å². The van der Waals surface area contributed by atoms with Crippen LogP contribution >= 0.6 is 0 Å². The van der Waals surface area contributed by atoms with E-state index in [0.29, 0.717) is 6.61 Å². The maximum absolute atomic E-state index is 10.1. The standard InChI is InChI=1S/C30H35N2O5Si/c1-22-19-25(11-13-28(22)36-27-14-18-34-21-27)24-9-6-23(7-10-24)8-12-26(20-33)32-16-15-31-30(32)38(2)37-29-5-3-4-17-35-29/h6-7,9-11,13,15-16,19,26-27,29,33H,3-5,14,17-18,20-21H2,1-2H3/t26-,27-,29?/m0/s1. The lowest BCUT2D eigenvalue weighted by molar-refractivity contribution is -0.107. The van der Waals surface area contributed by atoms with Crippen LogP contribution in [0.15, 0.2) is 54.9 Å². The van der Waals surface area contributed by atoms with Gasteiger partial charge in [-0.15, -0.1) is 0 Å². The number of hydrogen-bond donors (Lipinski definition) is 1. The molecule has 1 unspecified atom stereocenters. The Morgan fingerprint density at radius 3 is 2.68 bits per heavy atom. The van der Waals surface area contributed by atoms with Crippen LogP contribution in [0.1, 0.15) is 42.9 Å². The Morgan fingerprint density at radius 2 is 1.97 bits per heavy atom. The van der Waals surface area contributed by atoms with Gasteiger partial charge in [0.1, 0.15) is 29.6 Å². The zero-order valence-corrected chi connectivity index (χ0v) is 23.1. The highest BCUT2D eigenvalue weighted by Gasteiger charge is 2.25. The van der Waals surface area contributed by atoms with Crippen LogP contribution in [0.3, 0.4) is 0 Å². The number of aliphatic hydroxyl groups is 1. The number of ether oxygens (including phenoxy) is 3. The summed E-state index contributed by atoms with van der Waals surface area (Å²) < 4.78 is 25.4. The van der Waals surface area contributed by atoms with Gasteiger partial charge in [0.2, 0.25) is 0 Å². The van der Waals surface area contributed by atoms with E-state index in [2.05, 4.69) is 54.6 Å². The number of hydrogen-bond acceptors (Lipinski definition) is 6. The van der Waals surface area contributed by atoms with Crippen LogP contribution in [-0.2, 0) is 13.9 Å². The summed E-state index contributed by atoms with van der Waals surface area (Å²) in [4.78, 5) is 4.53. The van der Waals surface area contributed by atoms with Gasteiger partial charge < -0.3 is 28.3 Å². The number of rotatable bonds is 8. The van der Waals surface area contributed by atoms with E-state index in [4.69, 9.17) is 18.6 Å². The van der Waals surface area contributed by atoms with E-state index in [1.165, 1.54) is 0 Å². The second-order valence-corrected chi connectivity index (χ2v) is 11.6. The lowest BCUT2D eigenvalue weighted by atomic mass is 10.0. The topological polar surface area (TPSA) is 75.0 Å². The molecule has 3 atom stereocenters. The summed E-state index contributed by atoms with van der Waals surface area (Å²) in [6.07, 6.45) is 7.63. The van der Waals surface area contributed by atoms with Crippen molar-refractivity contribution in [3.63, 3.8) is 0 Å². The molecule has 1 N–H and O–H groups in total. The van der Waals surface area contributed by atoms with E-state index in [1.54, 1.807) is 6.20 Å². The maximum atomic E-state index is 10.1. The summed E-state index contributed by atoms with van der Waals surface area (Å²) in [7, 11) is -1.41. The number of imidazole rings is 1. The summed E-state index contributed by atoms with van der Waals surface area (Å²) >= 11 is 0. The lowest BCUT2D eigenvalue weighted by Crippen LogP contribution is -2.43. The highest BCUT2D eigenvalue weighted by atomic mass is 28.3. The zero-order valence-electron chi connectivity index (χ0n) is 22.1. The van der Waals surface area contributed by atoms with Crippen molar-refractivity contribution < 1.29 is 23.7 Å². The third-order valence-electron chi connectivity index (χ3n) is 6.90. The van der Waals surface area contributed by atoms with Crippen molar-refractivity contribution in [2.24, 2.45) is 0 Å². The summed E-state index contributed by atoms with van der Waals surface area (Å²) in [6.45, 7) is 6.20. The molecule has 1 radical (unpaired) electrons. The molecule has 1 aromatic heterocycles. The second kappa shape index (κ2) is 12.7. The third kappa shape index (κ3) is 6.55. The molecule has 199 valence electrons. The quantitative estimate of drug-likeness (QED) is 0.350. The molecular weight excluding hydrogens is 496 g/mol. The number of nitrogens with zero attached hydrogens (tertiary/aromatic N) is 2. The molecule has 3 heterocycles. The molecule has 38 heavy (non-hydrogen) atoms. The molecule has 5 rings (SSSR count). The molecule has 0 bridgehead atoms. The van der Waals surface area contributed by atoms with Crippen LogP contribution in [0.25, 0.3) is 11.1 Å². The van der Waals surface area contributed by atoms with Crippen molar-refractivity contribution in [2.75, 3.05) is 26.4 Å². The average molecular weight is 532 g/mol. The largest absolute Gasteiger partial charge is 0.488 e. The van der Waals surface area contributed by atoms with E-state index in [9.17, 15) is 5.11 Å². The van der Waals surface area contributed by atoms with Crippen molar-refractivity contribution in [3.05, 3.63) is 66.0 Å². The van der Waals surface area contributed by atoms with Gasteiger partial charge >= 0.3 is 0 Å². The number of aryl methyl sites for hydroxylation is 1. The van der Waals surface area contributed by atoms with Crippen LogP contribution in [0.2, 0.25) is 6.55 Å². The lowest BCUT2D eigenvalue weighted by Gasteiger charge is -2.26. The number of aromatic nitrogens is 2. The fourth-order valence-corrected chi connectivity index (χ4v) is 6.29. The van der Waals surface area contributed by atoms with Gasteiger partial charge in [-0.1, -0.05) is 30.0 Å². The molecule has 2 saturated heterocycles. The Labute approximate surface area is 226 Å². The highest BCUT2D eigenvalue weighted by molar-refractivity contribution is 6.64. The van der Waals surface area contributed by atoms with Crippen molar-refractivity contribution in [1.82, 2.24) is 9.55 Å². The van der Waals surface area contributed by atoms with E-state index in [0.717, 1.165) is 72.3 Å². The Hall–Kier alpha value is -2.93. The Kier molecular flexibility index (Phi) is 8.94. The molecular formula is C30H35N2O5Si. The van der Waals surface area contributed by atoms with Crippen LogP contribution in [-0.4, -0.2) is 62.5 Å². The van der Waals surface area contributed by atoms with E-state index >= 15 is 0 Å². The summed E-state index contributed by atoms with van der Waals surface area (Å²) in [5.41, 5.74) is 5.08. The van der Waals surface area contributed by atoms with E-state index < -0.39 is 15.1 Å². The van der Waals surface area contributed by atoms with Crippen LogP contribution in [0.5, 0.6) is 5.75 Å². The summed E-state index contributed by atoms with van der Waals surface area (Å²) in [5, 5.41) is 10.1. The van der Waals surface area contributed by atoms with Gasteiger partial charge in [-0.2, -0.15) is 0 Å². The van der Waals surface area contributed by atoms with Crippen molar-refractivity contribution in [2.45, 2.75) is 57.6 Å². The molecule has 0 aliphatic carbocycles. The van der Waals surface area contributed by atoms with Crippen LogP contribution < -0.4 is 10.2 Å². The number of aliphatic hydroxyl groups excluding tert-OH is 1. The fraction of sp³-hybridized carbons (Fsp3) is 0.433. The minimum Gasteiger partial charge on any atom is -0.488 e. The fourth-order valence-electron chi connectivity index (χ4n) is 4.75. The average Bonchev–Trinajstić information content (AvgIpc) is 3.64. The molecule has 8 heteroatoms. The minimum atomic E-state index is -1.41. The second-order valence-electron chi connectivity index (χ2n) is 9.76. The highest BCUT2D eigenvalue weighted by Crippen LogP contribution is 2.28. The monoisotopic (exact) mass is 531 g/mol. The molecule has 2 aliphatic rings. The molecule has 2 aliphatic heterocycles. The third-order valence-corrected chi connectivity index (χ3v) is 8.53. The SMILES string of the molecule is Cc1cc(-c2ccc(C#C[C@@H](CO)n3ccnc3[Si](C)OC3CCCCO3)cc2)ccc1O[C@H]1CCOC1. The first-order chi connectivity index (χ1) is 18.6. The van der Waals surface area contributed by atoms with Gasteiger partial charge in [0.05, 0.1) is 19.8 Å². The van der Waals surface area contributed by atoms with Crippen molar-refractivity contribution in [1.29, 1.82) is 0 Å². The van der Waals surface area contributed by atoms with Gasteiger partial charge in [-0.25, -0.2) is 4.98 Å². The normalized spacial score (nSPS) is 20.2.